The highest BCUT2D eigenvalue weighted by Crippen LogP contribution is 2.49. The average Bonchev–Trinajstić information content (AvgIpc) is 3.39. The molecule has 2 aromatic carbocycles. The number of halogens is 1. The molecule has 0 radical (unpaired) electrons. The van der Waals surface area contributed by atoms with Crippen LogP contribution in [0.2, 0.25) is 0 Å². The maximum atomic E-state index is 14.4. The molecule has 150 valence electrons. The molecular weight excluding hydrogens is 369 g/mol. The number of carbonyl (C=O) groups is 1. The van der Waals surface area contributed by atoms with Crippen LogP contribution in [0.15, 0.2) is 42.5 Å². The van der Waals surface area contributed by atoms with Crippen LogP contribution in [0.1, 0.15) is 50.6 Å². The first kappa shape index (κ1) is 19.2. The lowest BCUT2D eigenvalue weighted by Gasteiger charge is -2.21. The Morgan fingerprint density at radius 1 is 1.14 bits per heavy atom. The normalized spacial score (nSPS) is 15.2. The minimum atomic E-state index is -0.594. The number of benzene rings is 2. The first-order valence-corrected chi connectivity index (χ1v) is 9.68. The van der Waals surface area contributed by atoms with E-state index < -0.39 is 11.2 Å². The van der Waals surface area contributed by atoms with E-state index in [1.165, 1.54) is 16.3 Å². The Morgan fingerprint density at radius 2 is 1.83 bits per heavy atom. The minimum Gasteiger partial charge on any atom is -0.323 e. The van der Waals surface area contributed by atoms with E-state index >= 15 is 0 Å². The van der Waals surface area contributed by atoms with Crippen LogP contribution in [0.5, 0.6) is 0 Å². The van der Waals surface area contributed by atoms with Gasteiger partial charge >= 0.3 is 0 Å². The van der Waals surface area contributed by atoms with E-state index in [0.717, 1.165) is 18.4 Å². The number of amides is 1. The van der Waals surface area contributed by atoms with Gasteiger partial charge in [-0.05, 0) is 64.9 Å². The lowest BCUT2D eigenvalue weighted by Crippen LogP contribution is -2.28. The molecule has 7 heteroatoms. The number of tetrazole rings is 1. The Hall–Kier alpha value is -3.09. The monoisotopic (exact) mass is 393 g/mol. The molecular formula is C22H24FN5O. The molecule has 1 amide bonds. The fourth-order valence-corrected chi connectivity index (χ4v) is 3.51. The van der Waals surface area contributed by atoms with Gasteiger partial charge in [-0.1, -0.05) is 45.0 Å². The molecule has 0 spiro atoms. The number of aryl methyl sites for hydroxylation is 1. The first-order chi connectivity index (χ1) is 13.7. The van der Waals surface area contributed by atoms with Gasteiger partial charge in [0.25, 0.3) is 0 Å². The van der Waals surface area contributed by atoms with Gasteiger partial charge in [-0.3, -0.25) is 4.79 Å². The zero-order chi connectivity index (χ0) is 20.8. The van der Waals surface area contributed by atoms with Crippen molar-refractivity contribution in [3.63, 3.8) is 0 Å². The van der Waals surface area contributed by atoms with Gasteiger partial charge in [0.1, 0.15) is 5.82 Å². The first-order valence-electron chi connectivity index (χ1n) is 9.68. The maximum absolute atomic E-state index is 14.4. The number of hydrogen-bond acceptors (Lipinski definition) is 4. The number of hydrogen-bond donors (Lipinski definition) is 1. The summed E-state index contributed by atoms with van der Waals surface area (Å²) in [5.41, 5.74) is 2.35. The lowest BCUT2D eigenvalue weighted by atomic mass is 9.85. The van der Waals surface area contributed by atoms with Gasteiger partial charge in [0.15, 0.2) is 5.82 Å². The maximum Gasteiger partial charge on any atom is 0.235 e. The average molecular weight is 393 g/mol. The van der Waals surface area contributed by atoms with Gasteiger partial charge in [-0.25, -0.2) is 4.39 Å². The van der Waals surface area contributed by atoms with E-state index in [2.05, 4.69) is 53.7 Å². The van der Waals surface area contributed by atoms with Crippen molar-refractivity contribution in [3.05, 3.63) is 65.2 Å². The SMILES string of the molecule is Cc1nnnn1-c1ccc(F)c(NC(=O)C2(c3ccc(C(C)(C)C)cc3)CC2)c1. The second-order valence-electron chi connectivity index (χ2n) is 8.67. The molecule has 29 heavy (non-hydrogen) atoms. The summed E-state index contributed by atoms with van der Waals surface area (Å²) in [5.74, 6) is -0.108. The van der Waals surface area contributed by atoms with Gasteiger partial charge in [0, 0.05) is 0 Å². The molecule has 0 unspecified atom stereocenters. The molecule has 0 bridgehead atoms. The zero-order valence-electron chi connectivity index (χ0n) is 17.0. The Labute approximate surface area is 169 Å². The molecule has 1 fully saturated rings. The van der Waals surface area contributed by atoms with Crippen molar-refractivity contribution < 1.29 is 9.18 Å². The van der Waals surface area contributed by atoms with Gasteiger partial charge in [0.2, 0.25) is 5.91 Å². The Bertz CT molecular complexity index is 1060. The molecule has 0 atom stereocenters. The van der Waals surface area contributed by atoms with Gasteiger partial charge < -0.3 is 5.32 Å². The fraction of sp³-hybridized carbons (Fsp3) is 0.364. The van der Waals surface area contributed by atoms with Gasteiger partial charge in [-0.2, -0.15) is 4.68 Å². The molecule has 1 N–H and O–H groups in total. The highest BCUT2D eigenvalue weighted by atomic mass is 19.1. The number of anilines is 1. The van der Waals surface area contributed by atoms with Crippen LogP contribution in [-0.4, -0.2) is 26.1 Å². The molecule has 6 nitrogen and oxygen atoms in total. The van der Waals surface area contributed by atoms with E-state index in [-0.39, 0.29) is 17.0 Å². The topological polar surface area (TPSA) is 72.7 Å². The van der Waals surface area contributed by atoms with Crippen molar-refractivity contribution in [2.75, 3.05) is 5.32 Å². The van der Waals surface area contributed by atoms with Crippen LogP contribution in [0, 0.1) is 12.7 Å². The molecule has 1 heterocycles. The summed E-state index contributed by atoms with van der Waals surface area (Å²) in [5, 5.41) is 14.1. The number of nitrogens with one attached hydrogen (secondary N) is 1. The van der Waals surface area contributed by atoms with Crippen molar-refractivity contribution in [1.82, 2.24) is 20.2 Å². The predicted octanol–water partition coefficient (Wildman–Crippen LogP) is 4.08. The van der Waals surface area contributed by atoms with E-state index in [9.17, 15) is 9.18 Å². The molecule has 3 aromatic rings. The third-order valence-electron chi connectivity index (χ3n) is 5.56. The van der Waals surface area contributed by atoms with Crippen LogP contribution in [-0.2, 0) is 15.6 Å². The molecule has 0 saturated heterocycles. The largest absolute Gasteiger partial charge is 0.323 e. The quantitative estimate of drug-likeness (QED) is 0.725. The molecule has 1 aromatic heterocycles. The summed E-state index contributed by atoms with van der Waals surface area (Å²) in [6.07, 6.45) is 1.50. The minimum absolute atomic E-state index is 0.0510. The van der Waals surface area contributed by atoms with E-state index in [1.54, 1.807) is 19.1 Å². The van der Waals surface area contributed by atoms with Crippen molar-refractivity contribution in [1.29, 1.82) is 0 Å². The fourth-order valence-electron chi connectivity index (χ4n) is 3.51. The van der Waals surface area contributed by atoms with Gasteiger partial charge in [0.05, 0.1) is 16.8 Å². The third kappa shape index (κ3) is 3.52. The van der Waals surface area contributed by atoms with Crippen LogP contribution < -0.4 is 5.32 Å². The summed E-state index contributed by atoms with van der Waals surface area (Å²) in [6, 6.07) is 12.6. The van der Waals surface area contributed by atoms with E-state index in [4.69, 9.17) is 0 Å². The smallest absolute Gasteiger partial charge is 0.235 e. The molecule has 4 rings (SSSR count). The zero-order valence-corrected chi connectivity index (χ0v) is 17.0. The summed E-state index contributed by atoms with van der Waals surface area (Å²) >= 11 is 0. The summed E-state index contributed by atoms with van der Waals surface area (Å²) in [7, 11) is 0. The predicted molar refractivity (Wildman–Crippen MR) is 109 cm³/mol. The molecule has 0 aliphatic heterocycles. The highest BCUT2D eigenvalue weighted by molar-refractivity contribution is 6.01. The highest BCUT2D eigenvalue weighted by Gasteiger charge is 2.51. The van der Waals surface area contributed by atoms with Crippen LogP contribution in [0.4, 0.5) is 10.1 Å². The third-order valence-corrected chi connectivity index (χ3v) is 5.56. The Morgan fingerprint density at radius 3 is 2.38 bits per heavy atom. The number of carbonyl (C=O) groups excluding carboxylic acids is 1. The summed E-state index contributed by atoms with van der Waals surface area (Å²) in [6.45, 7) is 8.22. The van der Waals surface area contributed by atoms with Crippen molar-refractivity contribution in [2.24, 2.45) is 0 Å². The number of aromatic nitrogens is 4. The second-order valence-corrected chi connectivity index (χ2v) is 8.67. The van der Waals surface area contributed by atoms with Crippen LogP contribution >= 0.6 is 0 Å². The van der Waals surface area contributed by atoms with E-state index in [1.807, 2.05) is 12.1 Å². The number of rotatable bonds is 4. The number of nitrogens with zero attached hydrogens (tertiary/aromatic N) is 4. The van der Waals surface area contributed by atoms with Crippen molar-refractivity contribution in [2.45, 2.75) is 51.4 Å². The summed E-state index contributed by atoms with van der Waals surface area (Å²) < 4.78 is 15.9. The van der Waals surface area contributed by atoms with E-state index in [0.29, 0.717) is 11.5 Å². The standard InChI is InChI=1S/C22H24FN5O/c1-14-25-26-27-28(14)17-9-10-18(23)19(13-17)24-20(29)22(11-12-22)16-7-5-15(6-8-16)21(2,3)4/h5-10,13H,11-12H2,1-4H3,(H,24,29). The summed E-state index contributed by atoms with van der Waals surface area (Å²) in [4.78, 5) is 13.1. The van der Waals surface area contributed by atoms with Crippen molar-refractivity contribution >= 4 is 11.6 Å². The Kier molecular flexibility index (Phi) is 4.48. The lowest BCUT2D eigenvalue weighted by molar-refractivity contribution is -0.118. The molecule has 1 saturated carbocycles. The molecule has 1 aliphatic carbocycles. The Balaban J connectivity index is 1.59. The molecule has 1 aliphatic rings. The second kappa shape index (κ2) is 6.76. The van der Waals surface area contributed by atoms with Crippen LogP contribution in [0.3, 0.4) is 0 Å². The van der Waals surface area contributed by atoms with Gasteiger partial charge in [-0.15, -0.1) is 5.10 Å². The van der Waals surface area contributed by atoms with Crippen LogP contribution in [0.25, 0.3) is 5.69 Å². The van der Waals surface area contributed by atoms with Crippen molar-refractivity contribution in [3.8, 4) is 5.69 Å².